The number of benzene rings is 1. The van der Waals surface area contributed by atoms with E-state index in [9.17, 15) is 14.4 Å². The molecule has 1 aliphatic heterocycles. The zero-order valence-corrected chi connectivity index (χ0v) is 20.7. The van der Waals surface area contributed by atoms with Crippen molar-refractivity contribution in [1.82, 2.24) is 9.55 Å². The van der Waals surface area contributed by atoms with E-state index in [0.717, 1.165) is 10.6 Å². The lowest BCUT2D eigenvalue weighted by Gasteiger charge is -2.40. The smallest absolute Gasteiger partial charge is 0.338 e. The molecule has 0 saturated carbocycles. The summed E-state index contributed by atoms with van der Waals surface area (Å²) in [6, 6.07) is 9.57. The third-order valence-electron chi connectivity index (χ3n) is 6.33. The number of aromatic nitrogens is 2. The van der Waals surface area contributed by atoms with Crippen molar-refractivity contribution in [2.75, 3.05) is 0 Å². The van der Waals surface area contributed by atoms with Gasteiger partial charge in [0.2, 0.25) is 0 Å². The van der Waals surface area contributed by atoms with E-state index in [0.29, 0.717) is 5.56 Å². The Hall–Kier alpha value is -2.56. The molecule has 1 aliphatic rings. The van der Waals surface area contributed by atoms with Crippen molar-refractivity contribution in [3.05, 3.63) is 69.0 Å². The van der Waals surface area contributed by atoms with Crippen molar-refractivity contribution in [2.45, 2.75) is 76.5 Å². The minimum Gasteiger partial charge on any atom is -0.456 e. The summed E-state index contributed by atoms with van der Waals surface area (Å²) in [5.41, 5.74) is -1.04. The van der Waals surface area contributed by atoms with Gasteiger partial charge < -0.3 is 13.9 Å². The molecule has 0 spiro atoms. The fourth-order valence-electron chi connectivity index (χ4n) is 3.41. The summed E-state index contributed by atoms with van der Waals surface area (Å²) in [6.45, 7) is 11.7. The lowest BCUT2D eigenvalue weighted by Crippen LogP contribution is -2.50. The number of nitrogens with zero attached hydrogens (tertiary/aromatic N) is 1. The molecule has 0 bridgehead atoms. The monoisotopic (exact) mass is 478 g/mol. The van der Waals surface area contributed by atoms with Gasteiger partial charge in [-0.1, -0.05) is 39.0 Å². The number of rotatable bonds is 6. The highest BCUT2D eigenvalue weighted by Crippen LogP contribution is 2.42. The summed E-state index contributed by atoms with van der Waals surface area (Å²) in [5, 5.41) is -0.214. The van der Waals surface area contributed by atoms with Gasteiger partial charge in [-0.15, -0.1) is 0 Å². The number of carbonyl (C=O) groups is 1. The van der Waals surface area contributed by atoms with E-state index >= 15 is 4.39 Å². The van der Waals surface area contributed by atoms with Crippen LogP contribution in [0.25, 0.3) is 0 Å². The second-order valence-electron chi connectivity index (χ2n) is 9.77. The molecule has 0 aliphatic carbocycles. The van der Waals surface area contributed by atoms with Crippen LogP contribution in [0.15, 0.2) is 52.2 Å². The summed E-state index contributed by atoms with van der Waals surface area (Å²) in [4.78, 5) is 38.5. The highest BCUT2D eigenvalue weighted by atomic mass is 28.4. The second kappa shape index (κ2) is 9.36. The number of carbonyl (C=O) groups excluding carboxylic acids is 1. The molecule has 3 rings (SSSR count). The van der Waals surface area contributed by atoms with Gasteiger partial charge in [0.15, 0.2) is 20.7 Å². The van der Waals surface area contributed by atoms with Crippen molar-refractivity contribution in [2.24, 2.45) is 0 Å². The van der Waals surface area contributed by atoms with Gasteiger partial charge in [0.1, 0.15) is 18.3 Å². The maximum absolute atomic E-state index is 15.8. The number of aromatic amines is 1. The van der Waals surface area contributed by atoms with Crippen LogP contribution in [0.3, 0.4) is 0 Å². The Balaban J connectivity index is 1.92. The van der Waals surface area contributed by atoms with Crippen molar-refractivity contribution >= 4 is 14.3 Å². The number of alkyl halides is 1. The molecule has 1 N–H and O–H groups in total. The highest BCUT2D eigenvalue weighted by molar-refractivity contribution is 6.74. The van der Waals surface area contributed by atoms with E-state index in [4.69, 9.17) is 13.9 Å². The third-order valence-corrected chi connectivity index (χ3v) is 10.8. The van der Waals surface area contributed by atoms with Crippen LogP contribution < -0.4 is 11.2 Å². The molecule has 1 aromatic carbocycles. The van der Waals surface area contributed by atoms with Gasteiger partial charge in [0, 0.05) is 12.3 Å². The average Bonchev–Trinajstić information content (AvgIpc) is 3.03. The third kappa shape index (κ3) is 5.34. The van der Waals surface area contributed by atoms with E-state index < -0.39 is 56.2 Å². The van der Waals surface area contributed by atoms with Crippen molar-refractivity contribution in [3.8, 4) is 0 Å². The lowest BCUT2D eigenvalue weighted by molar-refractivity contribution is -0.0837. The number of ether oxygens (including phenoxy) is 2. The van der Waals surface area contributed by atoms with Gasteiger partial charge in [-0.25, -0.2) is 14.0 Å². The summed E-state index contributed by atoms with van der Waals surface area (Å²) < 4.78 is 34.7. The zero-order valence-electron chi connectivity index (χ0n) is 19.7. The van der Waals surface area contributed by atoms with E-state index in [-0.39, 0.29) is 5.04 Å². The summed E-state index contributed by atoms with van der Waals surface area (Å²) in [7, 11) is -2.46. The normalized spacial score (nSPS) is 24.5. The maximum atomic E-state index is 15.8. The van der Waals surface area contributed by atoms with Crippen LogP contribution in [0.5, 0.6) is 0 Å². The predicted molar refractivity (Wildman–Crippen MR) is 124 cm³/mol. The molecular formula is C23H31FN2O6Si. The standard InChI is InChI=1S/C23H31FN2O6Si/c1-14(30-21(28)15-10-8-7-9-11-15)18-19(32-33(5,6)23(2,3)4)17(24)20(31-18)26-13-12-16(27)25-22(26)29/h7-14,17-20H,1-6H3,(H,25,27,29)/t14-,17-,18?,19-,20-/m1/s1. The Morgan fingerprint density at radius 3 is 2.39 bits per heavy atom. The van der Waals surface area contributed by atoms with E-state index in [2.05, 4.69) is 4.98 Å². The molecular weight excluding hydrogens is 447 g/mol. The fourth-order valence-corrected chi connectivity index (χ4v) is 4.71. The van der Waals surface area contributed by atoms with Crippen molar-refractivity contribution in [1.29, 1.82) is 0 Å². The predicted octanol–water partition coefficient (Wildman–Crippen LogP) is 3.41. The number of hydrogen-bond acceptors (Lipinski definition) is 6. The van der Waals surface area contributed by atoms with Crippen LogP contribution in [0.2, 0.25) is 18.1 Å². The minimum absolute atomic E-state index is 0.214. The molecule has 2 aromatic rings. The van der Waals surface area contributed by atoms with Crippen molar-refractivity contribution < 1.29 is 23.1 Å². The first-order valence-electron chi connectivity index (χ1n) is 10.9. The lowest BCUT2D eigenvalue weighted by atomic mass is 10.1. The van der Waals surface area contributed by atoms with Crippen LogP contribution in [0.4, 0.5) is 4.39 Å². The summed E-state index contributed by atoms with van der Waals surface area (Å²) in [6.07, 6.45) is -4.80. The SMILES string of the molecule is C[C@@H](OC(=O)c1ccccc1)C1O[C@@H](n2ccc(=O)[nH]c2=O)[C@H](F)[C@H]1O[Si](C)(C)C(C)(C)C. The number of hydrogen-bond donors (Lipinski definition) is 1. The largest absolute Gasteiger partial charge is 0.456 e. The minimum atomic E-state index is -2.46. The van der Waals surface area contributed by atoms with E-state index in [1.807, 2.05) is 33.9 Å². The summed E-state index contributed by atoms with van der Waals surface area (Å²) in [5.74, 6) is -0.571. The highest BCUT2D eigenvalue weighted by Gasteiger charge is 2.53. The number of H-pyrrole nitrogens is 1. The van der Waals surface area contributed by atoms with Gasteiger partial charge >= 0.3 is 11.7 Å². The quantitative estimate of drug-likeness (QED) is 0.505. The first kappa shape index (κ1) is 25.1. The van der Waals surface area contributed by atoms with Crippen LogP contribution in [0, 0.1) is 0 Å². The molecule has 33 heavy (non-hydrogen) atoms. The topological polar surface area (TPSA) is 99.6 Å². The van der Waals surface area contributed by atoms with Crippen LogP contribution >= 0.6 is 0 Å². The first-order valence-corrected chi connectivity index (χ1v) is 13.8. The Morgan fingerprint density at radius 1 is 1.18 bits per heavy atom. The first-order chi connectivity index (χ1) is 15.3. The Bertz CT molecular complexity index is 1090. The van der Waals surface area contributed by atoms with Gasteiger partial charge in [0.25, 0.3) is 5.56 Å². The molecule has 0 radical (unpaired) electrons. The van der Waals surface area contributed by atoms with Gasteiger partial charge in [0.05, 0.1) is 5.56 Å². The van der Waals surface area contributed by atoms with Crippen LogP contribution in [-0.4, -0.2) is 48.3 Å². The van der Waals surface area contributed by atoms with E-state index in [1.54, 1.807) is 37.3 Å². The van der Waals surface area contributed by atoms with Crippen molar-refractivity contribution in [3.63, 3.8) is 0 Å². The molecule has 5 atom stereocenters. The molecule has 0 amide bonds. The fraction of sp³-hybridized carbons (Fsp3) is 0.522. The summed E-state index contributed by atoms with van der Waals surface area (Å²) >= 11 is 0. The molecule has 180 valence electrons. The Kier molecular flexibility index (Phi) is 7.11. The molecule has 1 aromatic heterocycles. The van der Waals surface area contributed by atoms with Gasteiger partial charge in [-0.2, -0.15) is 0 Å². The molecule has 1 fully saturated rings. The second-order valence-corrected chi connectivity index (χ2v) is 14.5. The molecule has 1 saturated heterocycles. The molecule has 10 heteroatoms. The van der Waals surface area contributed by atoms with Crippen LogP contribution in [-0.2, 0) is 13.9 Å². The Labute approximate surface area is 192 Å². The molecule has 8 nitrogen and oxygen atoms in total. The molecule has 2 heterocycles. The number of halogens is 1. The van der Waals surface area contributed by atoms with Crippen LogP contribution in [0.1, 0.15) is 44.3 Å². The van der Waals surface area contributed by atoms with Gasteiger partial charge in [-0.05, 0) is 37.2 Å². The maximum Gasteiger partial charge on any atom is 0.338 e. The average molecular weight is 479 g/mol. The van der Waals surface area contributed by atoms with Gasteiger partial charge in [-0.3, -0.25) is 14.3 Å². The number of esters is 1. The van der Waals surface area contributed by atoms with E-state index in [1.165, 1.54) is 6.20 Å². The molecule has 1 unspecified atom stereocenters. The number of nitrogens with one attached hydrogen (secondary N) is 1. The Morgan fingerprint density at radius 2 is 1.82 bits per heavy atom. The zero-order chi connectivity index (χ0) is 24.6.